The van der Waals surface area contributed by atoms with Crippen LogP contribution in [0.1, 0.15) is 21.5 Å². The quantitative estimate of drug-likeness (QED) is 0.707. The highest BCUT2D eigenvalue weighted by Gasteiger charge is 2.16. The van der Waals surface area contributed by atoms with Gasteiger partial charge in [0.15, 0.2) is 5.78 Å². The van der Waals surface area contributed by atoms with E-state index >= 15 is 0 Å². The zero-order chi connectivity index (χ0) is 9.97. The van der Waals surface area contributed by atoms with Crippen molar-refractivity contribution in [2.45, 2.75) is 13.0 Å². The van der Waals surface area contributed by atoms with Crippen molar-refractivity contribution in [1.82, 2.24) is 0 Å². The summed E-state index contributed by atoms with van der Waals surface area (Å²) >= 11 is 0. The second-order valence-electron chi connectivity index (χ2n) is 3.37. The minimum Gasteiger partial charge on any atom is -0.376 e. The van der Waals surface area contributed by atoms with Crippen molar-refractivity contribution in [3.63, 3.8) is 0 Å². The van der Waals surface area contributed by atoms with Crippen LogP contribution in [-0.2, 0) is 17.8 Å². The highest BCUT2D eigenvalue weighted by Crippen LogP contribution is 2.20. The lowest BCUT2D eigenvalue weighted by Gasteiger charge is -2.18. The third kappa shape index (κ3) is 1.56. The van der Waals surface area contributed by atoms with Gasteiger partial charge in [0.2, 0.25) is 0 Å². The van der Waals surface area contributed by atoms with Gasteiger partial charge < -0.3 is 10.5 Å². The summed E-state index contributed by atoms with van der Waals surface area (Å²) in [6.07, 6.45) is 0.817. The number of fused-ring (bicyclic) bond motifs is 1. The van der Waals surface area contributed by atoms with Gasteiger partial charge in [-0.15, -0.1) is 0 Å². The number of carbonyl (C=O) groups excluding carboxylic acids is 1. The summed E-state index contributed by atoms with van der Waals surface area (Å²) in [5.74, 6) is 0.0174. The van der Waals surface area contributed by atoms with Gasteiger partial charge in [-0.25, -0.2) is 0 Å². The first-order valence-electron chi connectivity index (χ1n) is 4.74. The van der Waals surface area contributed by atoms with Gasteiger partial charge in [0.1, 0.15) is 0 Å². The number of nitrogens with two attached hydrogens (primary N) is 1. The zero-order valence-electron chi connectivity index (χ0n) is 7.95. The molecule has 0 saturated carbocycles. The van der Waals surface area contributed by atoms with Crippen LogP contribution in [0.2, 0.25) is 0 Å². The van der Waals surface area contributed by atoms with E-state index in [1.807, 2.05) is 18.2 Å². The van der Waals surface area contributed by atoms with Crippen LogP contribution < -0.4 is 5.73 Å². The molecule has 0 amide bonds. The van der Waals surface area contributed by atoms with Crippen LogP contribution in [0, 0.1) is 0 Å². The van der Waals surface area contributed by atoms with Crippen molar-refractivity contribution < 1.29 is 9.53 Å². The molecule has 1 aromatic rings. The van der Waals surface area contributed by atoms with Crippen molar-refractivity contribution in [3.05, 3.63) is 34.9 Å². The van der Waals surface area contributed by atoms with E-state index < -0.39 is 0 Å². The Morgan fingerprint density at radius 2 is 2.36 bits per heavy atom. The lowest BCUT2D eigenvalue weighted by molar-refractivity contribution is 0.0986. The van der Waals surface area contributed by atoms with Crippen molar-refractivity contribution in [2.75, 3.05) is 13.2 Å². The normalized spacial score (nSPS) is 14.9. The minimum absolute atomic E-state index is 0.0174. The molecule has 0 aromatic heterocycles. The average molecular weight is 191 g/mol. The van der Waals surface area contributed by atoms with Gasteiger partial charge in [-0.2, -0.15) is 0 Å². The fourth-order valence-corrected chi connectivity index (χ4v) is 1.79. The Kier molecular flexibility index (Phi) is 2.61. The first kappa shape index (κ1) is 9.37. The number of hydrogen-bond acceptors (Lipinski definition) is 3. The van der Waals surface area contributed by atoms with Crippen molar-refractivity contribution in [2.24, 2.45) is 5.73 Å². The smallest absolute Gasteiger partial charge is 0.176 e. The number of rotatable bonds is 2. The number of hydrogen-bond donors (Lipinski definition) is 1. The Bertz CT molecular complexity index is 360. The minimum atomic E-state index is 0.0174. The number of ketones is 1. The molecule has 0 bridgehead atoms. The van der Waals surface area contributed by atoms with Crippen molar-refractivity contribution in [3.8, 4) is 0 Å². The Morgan fingerprint density at radius 1 is 1.50 bits per heavy atom. The van der Waals surface area contributed by atoms with E-state index in [-0.39, 0.29) is 12.3 Å². The Balaban J connectivity index is 2.45. The van der Waals surface area contributed by atoms with Gasteiger partial charge >= 0.3 is 0 Å². The molecule has 0 aliphatic carbocycles. The molecule has 0 fully saturated rings. The second-order valence-corrected chi connectivity index (χ2v) is 3.37. The molecule has 1 heterocycles. The lowest BCUT2D eigenvalue weighted by atomic mass is 9.95. The molecule has 0 unspecified atom stereocenters. The number of carbonyl (C=O) groups is 1. The van der Waals surface area contributed by atoms with E-state index in [0.29, 0.717) is 13.2 Å². The molecule has 0 saturated heterocycles. The summed E-state index contributed by atoms with van der Waals surface area (Å²) in [5, 5.41) is 0. The summed E-state index contributed by atoms with van der Waals surface area (Å²) in [5.41, 5.74) is 8.37. The number of Topliss-reactive ketones (excluding diaryl/α,β-unsaturated/α-hetero) is 1. The van der Waals surface area contributed by atoms with Gasteiger partial charge in [-0.3, -0.25) is 4.79 Å². The summed E-state index contributed by atoms with van der Waals surface area (Å²) in [6, 6.07) is 5.73. The van der Waals surface area contributed by atoms with Crippen LogP contribution in [0.5, 0.6) is 0 Å². The van der Waals surface area contributed by atoms with Gasteiger partial charge in [0.25, 0.3) is 0 Å². The zero-order valence-corrected chi connectivity index (χ0v) is 7.95. The molecule has 1 aliphatic rings. The topological polar surface area (TPSA) is 52.3 Å². The van der Waals surface area contributed by atoms with Crippen LogP contribution in [0.25, 0.3) is 0 Å². The highest BCUT2D eigenvalue weighted by molar-refractivity contribution is 5.99. The van der Waals surface area contributed by atoms with E-state index in [2.05, 4.69) is 0 Å². The first-order chi connectivity index (χ1) is 6.83. The summed E-state index contributed by atoms with van der Waals surface area (Å²) < 4.78 is 5.32. The van der Waals surface area contributed by atoms with Crippen molar-refractivity contribution in [1.29, 1.82) is 0 Å². The van der Waals surface area contributed by atoms with Gasteiger partial charge in [0.05, 0.1) is 19.8 Å². The fourth-order valence-electron chi connectivity index (χ4n) is 1.79. The van der Waals surface area contributed by atoms with Crippen LogP contribution >= 0.6 is 0 Å². The van der Waals surface area contributed by atoms with E-state index in [4.69, 9.17) is 10.5 Å². The highest BCUT2D eigenvalue weighted by atomic mass is 16.5. The fraction of sp³-hybridized carbons (Fsp3) is 0.364. The molecule has 1 aromatic carbocycles. The summed E-state index contributed by atoms with van der Waals surface area (Å²) in [6.45, 7) is 1.39. The molecular formula is C11H13NO2. The number of ether oxygens (including phenoxy) is 1. The molecule has 14 heavy (non-hydrogen) atoms. The van der Waals surface area contributed by atoms with E-state index in [9.17, 15) is 4.79 Å². The van der Waals surface area contributed by atoms with Crippen LogP contribution in [0.4, 0.5) is 0 Å². The average Bonchev–Trinajstić information content (AvgIpc) is 2.27. The van der Waals surface area contributed by atoms with Crippen LogP contribution in [-0.4, -0.2) is 18.9 Å². The molecule has 1 aliphatic heterocycles. The molecule has 2 rings (SSSR count). The van der Waals surface area contributed by atoms with E-state index in [1.165, 1.54) is 0 Å². The van der Waals surface area contributed by atoms with Gasteiger partial charge in [-0.05, 0) is 17.5 Å². The predicted molar refractivity (Wildman–Crippen MR) is 53.2 cm³/mol. The molecule has 0 radical (unpaired) electrons. The lowest BCUT2D eigenvalue weighted by Crippen LogP contribution is -2.19. The van der Waals surface area contributed by atoms with Crippen LogP contribution in [0.3, 0.4) is 0 Å². The van der Waals surface area contributed by atoms with E-state index in [1.54, 1.807) is 0 Å². The maximum Gasteiger partial charge on any atom is 0.176 e. The molecular weight excluding hydrogens is 178 g/mol. The van der Waals surface area contributed by atoms with Gasteiger partial charge in [0, 0.05) is 5.56 Å². The maximum absolute atomic E-state index is 11.5. The standard InChI is InChI=1S/C11H13NO2/c12-6-11(13)10-3-1-2-8-7-14-5-4-9(8)10/h1-3H,4-7,12H2. The molecule has 0 atom stereocenters. The number of benzene rings is 1. The SMILES string of the molecule is NCC(=O)c1cccc2c1CCOC2. The third-order valence-electron chi connectivity index (χ3n) is 2.51. The third-order valence-corrected chi connectivity index (χ3v) is 2.51. The first-order valence-corrected chi connectivity index (χ1v) is 4.74. The largest absolute Gasteiger partial charge is 0.376 e. The van der Waals surface area contributed by atoms with Crippen LogP contribution in [0.15, 0.2) is 18.2 Å². The van der Waals surface area contributed by atoms with Crippen molar-refractivity contribution >= 4 is 5.78 Å². The molecule has 2 N–H and O–H groups in total. The molecule has 3 nitrogen and oxygen atoms in total. The molecule has 3 heteroatoms. The Hall–Kier alpha value is -1.19. The monoisotopic (exact) mass is 191 g/mol. The summed E-state index contributed by atoms with van der Waals surface area (Å²) in [4.78, 5) is 11.5. The maximum atomic E-state index is 11.5. The second kappa shape index (κ2) is 3.90. The Labute approximate surface area is 82.9 Å². The van der Waals surface area contributed by atoms with E-state index in [0.717, 1.165) is 23.1 Å². The van der Waals surface area contributed by atoms with Gasteiger partial charge in [-0.1, -0.05) is 18.2 Å². The predicted octanol–water partition coefficient (Wildman–Crippen LogP) is 0.901. The molecule has 0 spiro atoms. The molecule has 74 valence electrons. The summed E-state index contributed by atoms with van der Waals surface area (Å²) in [7, 11) is 0. The Morgan fingerprint density at radius 3 is 3.14 bits per heavy atom.